The number of hydrogen-bond acceptors (Lipinski definition) is 3. The maximum Gasteiger partial charge on any atom is 2.00 e. The van der Waals surface area contributed by atoms with Crippen molar-refractivity contribution in [3.8, 4) is 0 Å². The molecule has 0 fully saturated rings. The van der Waals surface area contributed by atoms with Crippen LogP contribution in [0.25, 0.3) is 0 Å². The van der Waals surface area contributed by atoms with Gasteiger partial charge >= 0.3 is 37.3 Å². The Morgan fingerprint density at radius 1 is 1.63 bits per heavy atom. The summed E-state index contributed by atoms with van der Waals surface area (Å²) in [4.78, 5) is 3.69. The van der Waals surface area contributed by atoms with Crippen molar-refractivity contribution >= 4 is 5.84 Å². The van der Waals surface area contributed by atoms with Crippen molar-refractivity contribution in [2.24, 2.45) is 10.7 Å². The van der Waals surface area contributed by atoms with E-state index in [0.29, 0.717) is 5.57 Å². The van der Waals surface area contributed by atoms with Crippen LogP contribution in [0.2, 0.25) is 0 Å². The molecule has 0 aromatic heterocycles. The van der Waals surface area contributed by atoms with E-state index >= 15 is 0 Å². The molecule has 0 aromatic rings. The SMILES string of the molecule is C=C(C)C(N)=N[CH-]CC(O[CH2-])(C1=CN1)C(F)(F)F.[U+2]. The molecule has 1 rings (SSSR count). The number of amidine groups is 1. The summed E-state index contributed by atoms with van der Waals surface area (Å²) in [6, 6.07) is 0. The van der Waals surface area contributed by atoms with Crippen LogP contribution in [0.5, 0.6) is 0 Å². The van der Waals surface area contributed by atoms with Gasteiger partial charge in [0.2, 0.25) is 0 Å². The van der Waals surface area contributed by atoms with Crippen molar-refractivity contribution in [2.45, 2.75) is 25.1 Å². The third kappa shape index (κ3) is 4.20. The van der Waals surface area contributed by atoms with E-state index in [2.05, 4.69) is 28.7 Å². The normalized spacial score (nSPS) is 17.5. The van der Waals surface area contributed by atoms with E-state index in [0.717, 1.165) is 6.54 Å². The van der Waals surface area contributed by atoms with E-state index in [1.165, 1.54) is 6.20 Å². The van der Waals surface area contributed by atoms with Gasteiger partial charge in [-0.25, -0.2) is 7.11 Å². The summed E-state index contributed by atoms with van der Waals surface area (Å²) in [5.41, 5.74) is 3.34. The molecule has 1 unspecified atom stereocenters. The van der Waals surface area contributed by atoms with Crippen LogP contribution in [0.3, 0.4) is 0 Å². The van der Waals surface area contributed by atoms with Crippen LogP contribution in [0, 0.1) is 44.8 Å². The number of nitrogens with two attached hydrogens (primary N) is 1. The van der Waals surface area contributed by atoms with Gasteiger partial charge in [-0.3, -0.25) is 0 Å². The first-order valence-electron chi connectivity index (χ1n) is 5.02. The number of alkyl halides is 3. The molecule has 19 heavy (non-hydrogen) atoms. The first kappa shape index (κ1) is 18.4. The van der Waals surface area contributed by atoms with Crippen LogP contribution in [-0.4, -0.2) is 17.6 Å². The summed E-state index contributed by atoms with van der Waals surface area (Å²) >= 11 is 0. The average Bonchev–Trinajstić information content (AvgIpc) is 3.06. The molecule has 0 saturated carbocycles. The fraction of sp³-hybridized carbons (Fsp3) is 0.364. The molecule has 0 amide bonds. The van der Waals surface area contributed by atoms with Crippen molar-refractivity contribution < 1.29 is 49.0 Å². The third-order valence-corrected chi connectivity index (χ3v) is 2.47. The molecule has 3 N–H and O–H groups in total. The fourth-order valence-corrected chi connectivity index (χ4v) is 1.25. The molecule has 0 bridgehead atoms. The smallest absolute Gasteiger partial charge is 0.540 e. The topological polar surface area (TPSA) is 69.5 Å². The zero-order valence-electron chi connectivity index (χ0n) is 10.3. The summed E-state index contributed by atoms with van der Waals surface area (Å²) in [6.45, 7) is 6.17. The summed E-state index contributed by atoms with van der Waals surface area (Å²) in [6.07, 6.45) is -3.92. The third-order valence-electron chi connectivity index (χ3n) is 2.47. The first-order chi connectivity index (χ1) is 8.24. The Morgan fingerprint density at radius 2 is 2.16 bits per heavy atom. The second-order valence-electron chi connectivity index (χ2n) is 3.85. The molecular weight excluding hydrogens is 485 g/mol. The Bertz CT molecular complexity index is 406. The summed E-state index contributed by atoms with van der Waals surface area (Å²) < 4.78 is 43.4. The minimum atomic E-state index is -4.60. The van der Waals surface area contributed by atoms with Crippen LogP contribution in [-0.2, 0) is 4.74 Å². The zero-order valence-corrected chi connectivity index (χ0v) is 14.5. The van der Waals surface area contributed by atoms with Gasteiger partial charge in [-0.05, 0) is 12.3 Å². The van der Waals surface area contributed by atoms with E-state index in [-0.39, 0.29) is 42.6 Å². The number of ether oxygens (including phenoxy) is 1. The van der Waals surface area contributed by atoms with Gasteiger partial charge in [0.1, 0.15) is 0 Å². The van der Waals surface area contributed by atoms with Gasteiger partial charge in [-0.15, -0.1) is 13.1 Å². The standard InChI is InChI=1S/C11H14F3N3O.U/c1-7(2)9(15)16-5-4-10(18-3,8-6-17-8)11(12,13)14;/h5-6,17H,1,3-4H2,2H3,(H2,15,16);/q-2;+2. The van der Waals surface area contributed by atoms with Gasteiger partial charge in [0.15, 0.2) is 5.60 Å². The van der Waals surface area contributed by atoms with Crippen LogP contribution in [0.4, 0.5) is 13.2 Å². The molecule has 0 saturated heterocycles. The Hall–Kier alpha value is -0.578. The number of aliphatic imine (C=N–C) groups is 1. The molecule has 0 radical (unpaired) electrons. The second kappa shape index (κ2) is 6.73. The van der Waals surface area contributed by atoms with E-state index in [4.69, 9.17) is 5.73 Å². The minimum Gasteiger partial charge on any atom is -0.540 e. The maximum atomic E-state index is 13.0. The Kier molecular flexibility index (Phi) is 6.53. The van der Waals surface area contributed by atoms with Gasteiger partial charge in [-0.1, -0.05) is 12.5 Å². The predicted molar refractivity (Wildman–Crippen MR) is 61.8 cm³/mol. The number of hydrogen-bond donors (Lipinski definition) is 2. The van der Waals surface area contributed by atoms with Gasteiger partial charge < -0.3 is 20.8 Å². The van der Waals surface area contributed by atoms with E-state index in [9.17, 15) is 13.2 Å². The Labute approximate surface area is 133 Å². The fourth-order valence-electron chi connectivity index (χ4n) is 1.25. The van der Waals surface area contributed by atoms with Gasteiger partial charge in [0.05, 0.1) is 5.70 Å². The Balaban J connectivity index is 0.00000324. The van der Waals surface area contributed by atoms with Crippen LogP contribution in [0.1, 0.15) is 13.3 Å². The molecule has 1 aliphatic rings. The van der Waals surface area contributed by atoms with Gasteiger partial charge in [0, 0.05) is 6.20 Å². The molecule has 1 aliphatic heterocycles. The van der Waals surface area contributed by atoms with Crippen molar-refractivity contribution in [3.63, 3.8) is 0 Å². The molecule has 4 nitrogen and oxygen atoms in total. The molecule has 0 aliphatic carbocycles. The average molecular weight is 499 g/mol. The van der Waals surface area contributed by atoms with Crippen molar-refractivity contribution in [1.82, 2.24) is 5.32 Å². The zero-order chi connectivity index (χ0) is 14.0. The van der Waals surface area contributed by atoms with E-state index < -0.39 is 18.2 Å². The van der Waals surface area contributed by atoms with Gasteiger partial charge in [-0.2, -0.15) is 13.2 Å². The number of nitrogens with one attached hydrogen (secondary N) is 1. The molecular formula is C11H14F3N3OU. The largest absolute Gasteiger partial charge is 2.00 e. The summed E-state index contributed by atoms with van der Waals surface area (Å²) in [5, 5.41) is 2.38. The van der Waals surface area contributed by atoms with Crippen LogP contribution >= 0.6 is 0 Å². The van der Waals surface area contributed by atoms with Crippen molar-refractivity contribution in [2.75, 3.05) is 0 Å². The van der Waals surface area contributed by atoms with Crippen molar-refractivity contribution in [3.05, 3.63) is 37.7 Å². The predicted octanol–water partition coefficient (Wildman–Crippen LogP) is 2.03. The van der Waals surface area contributed by atoms with Crippen LogP contribution in [0.15, 0.2) is 29.0 Å². The Morgan fingerprint density at radius 3 is 2.47 bits per heavy atom. The maximum absolute atomic E-state index is 13.0. The van der Waals surface area contributed by atoms with E-state index in [1.54, 1.807) is 6.92 Å². The monoisotopic (exact) mass is 499 g/mol. The quantitative estimate of drug-likeness (QED) is 0.334. The number of halogens is 3. The molecule has 1 atom stereocenters. The summed E-state index contributed by atoms with van der Waals surface area (Å²) in [7, 11) is 2.90. The minimum absolute atomic E-state index is 0. The van der Waals surface area contributed by atoms with Gasteiger partial charge in [0.25, 0.3) is 0 Å². The molecule has 0 spiro atoms. The molecule has 1 heterocycles. The first-order valence-corrected chi connectivity index (χ1v) is 5.02. The van der Waals surface area contributed by atoms with Crippen molar-refractivity contribution in [1.29, 1.82) is 0 Å². The second-order valence-corrected chi connectivity index (χ2v) is 3.85. The number of rotatable bonds is 6. The van der Waals surface area contributed by atoms with Crippen LogP contribution < -0.4 is 11.1 Å². The van der Waals surface area contributed by atoms with E-state index in [1.807, 2.05) is 0 Å². The molecule has 8 heteroatoms. The summed E-state index contributed by atoms with van der Waals surface area (Å²) in [5.74, 6) is 0.0767. The molecule has 104 valence electrons. The number of nitrogens with zero attached hydrogens (tertiary/aromatic N) is 1. The molecule has 0 aromatic carbocycles.